The van der Waals surface area contributed by atoms with Crippen LogP contribution in [0.2, 0.25) is 11.6 Å². The van der Waals surface area contributed by atoms with E-state index >= 15 is 0 Å². The van der Waals surface area contributed by atoms with Gasteiger partial charge in [-0.25, -0.2) is 0 Å². The second-order valence-electron chi connectivity index (χ2n) is 5.37. The summed E-state index contributed by atoms with van der Waals surface area (Å²) in [6, 6.07) is 0. The molecule has 2 fully saturated rings. The highest BCUT2D eigenvalue weighted by Crippen LogP contribution is 2.43. The fourth-order valence-corrected chi connectivity index (χ4v) is 3.39. The van der Waals surface area contributed by atoms with Gasteiger partial charge in [-0.2, -0.15) is 0 Å². The first-order valence-corrected chi connectivity index (χ1v) is 6.27. The quantitative estimate of drug-likeness (QED) is 0.551. The molecule has 0 aromatic heterocycles. The van der Waals surface area contributed by atoms with Gasteiger partial charge < -0.3 is 0 Å². The molecule has 2 aliphatic carbocycles. The molecule has 74 valence electrons. The minimum Gasteiger partial charge on any atom is -0.0771 e. The van der Waals surface area contributed by atoms with Crippen LogP contribution in [0.5, 0.6) is 0 Å². The van der Waals surface area contributed by atoms with Crippen LogP contribution in [0.1, 0.15) is 51.4 Å². The lowest BCUT2D eigenvalue weighted by atomic mass is 9.61. The van der Waals surface area contributed by atoms with E-state index in [-0.39, 0.29) is 0 Å². The normalized spacial score (nSPS) is 44.9. The van der Waals surface area contributed by atoms with Crippen LogP contribution in [0.3, 0.4) is 0 Å². The SMILES string of the molecule is [B]C1CCCC(C2CCCC([B])C2)C1. The zero-order valence-electron chi connectivity index (χ0n) is 9.12. The van der Waals surface area contributed by atoms with Crippen molar-refractivity contribution in [3.8, 4) is 0 Å². The lowest BCUT2D eigenvalue weighted by Crippen LogP contribution is -2.24. The molecule has 0 nitrogen and oxygen atoms in total. The minimum atomic E-state index is 0.479. The molecular formula is C12H20B2. The third kappa shape index (κ3) is 2.58. The summed E-state index contributed by atoms with van der Waals surface area (Å²) >= 11 is 0. The van der Waals surface area contributed by atoms with E-state index in [1.807, 2.05) is 0 Å². The molecule has 0 N–H and O–H groups in total. The van der Waals surface area contributed by atoms with E-state index in [0.717, 1.165) is 11.8 Å². The number of hydrogen-bond donors (Lipinski definition) is 0. The average Bonchev–Trinajstić information content (AvgIpc) is 2.18. The molecule has 4 radical (unpaired) electrons. The van der Waals surface area contributed by atoms with Gasteiger partial charge in [0.15, 0.2) is 0 Å². The van der Waals surface area contributed by atoms with Crippen molar-refractivity contribution in [2.45, 2.75) is 63.0 Å². The highest BCUT2D eigenvalue weighted by Gasteiger charge is 2.29. The molecule has 0 saturated heterocycles. The van der Waals surface area contributed by atoms with Crippen molar-refractivity contribution in [1.29, 1.82) is 0 Å². The first kappa shape index (κ1) is 10.6. The molecule has 2 heteroatoms. The van der Waals surface area contributed by atoms with E-state index in [1.54, 1.807) is 0 Å². The molecular weight excluding hydrogens is 166 g/mol. The second-order valence-corrected chi connectivity index (χ2v) is 5.37. The summed E-state index contributed by atoms with van der Waals surface area (Å²) in [5.41, 5.74) is 0. The van der Waals surface area contributed by atoms with Crippen molar-refractivity contribution in [3.63, 3.8) is 0 Å². The predicted molar refractivity (Wildman–Crippen MR) is 62.9 cm³/mol. The Labute approximate surface area is 91.0 Å². The van der Waals surface area contributed by atoms with E-state index in [0.29, 0.717) is 11.6 Å². The van der Waals surface area contributed by atoms with Crippen LogP contribution in [-0.4, -0.2) is 15.7 Å². The van der Waals surface area contributed by atoms with Crippen molar-refractivity contribution in [3.05, 3.63) is 0 Å². The molecule has 4 unspecified atom stereocenters. The molecule has 4 atom stereocenters. The van der Waals surface area contributed by atoms with Crippen molar-refractivity contribution in [2.75, 3.05) is 0 Å². The monoisotopic (exact) mass is 186 g/mol. The summed E-state index contributed by atoms with van der Waals surface area (Å²) in [6.07, 6.45) is 10.5. The smallest absolute Gasteiger partial charge is 0.0699 e. The zero-order chi connectivity index (χ0) is 9.97. The Morgan fingerprint density at radius 3 is 1.43 bits per heavy atom. The topological polar surface area (TPSA) is 0 Å². The summed E-state index contributed by atoms with van der Waals surface area (Å²) in [6.45, 7) is 0. The molecule has 2 rings (SSSR count). The predicted octanol–water partition coefficient (Wildman–Crippen LogP) is 3.28. The van der Waals surface area contributed by atoms with Gasteiger partial charge in [0.2, 0.25) is 0 Å². The van der Waals surface area contributed by atoms with E-state index < -0.39 is 0 Å². The van der Waals surface area contributed by atoms with Crippen LogP contribution in [0, 0.1) is 11.8 Å². The van der Waals surface area contributed by atoms with Crippen LogP contribution < -0.4 is 0 Å². The third-order valence-electron chi connectivity index (χ3n) is 4.18. The molecule has 0 aromatic rings. The Bertz CT molecular complexity index is 161. The Morgan fingerprint density at radius 1 is 0.643 bits per heavy atom. The Balaban J connectivity index is 1.86. The van der Waals surface area contributed by atoms with Crippen molar-refractivity contribution >= 4 is 15.7 Å². The molecule has 14 heavy (non-hydrogen) atoms. The number of hydrogen-bond acceptors (Lipinski definition) is 0. The van der Waals surface area contributed by atoms with E-state index in [9.17, 15) is 0 Å². The fourth-order valence-electron chi connectivity index (χ4n) is 3.39. The number of rotatable bonds is 1. The Kier molecular flexibility index (Phi) is 3.62. The van der Waals surface area contributed by atoms with Gasteiger partial charge in [0.1, 0.15) is 0 Å². The summed E-state index contributed by atoms with van der Waals surface area (Å²) in [7, 11) is 12.1. The van der Waals surface area contributed by atoms with Gasteiger partial charge in [0, 0.05) is 0 Å². The van der Waals surface area contributed by atoms with Gasteiger partial charge in [0.25, 0.3) is 0 Å². The van der Waals surface area contributed by atoms with Crippen LogP contribution in [0.4, 0.5) is 0 Å². The molecule has 2 saturated carbocycles. The summed E-state index contributed by atoms with van der Waals surface area (Å²) in [5.74, 6) is 2.74. The van der Waals surface area contributed by atoms with Crippen LogP contribution in [0.25, 0.3) is 0 Å². The van der Waals surface area contributed by atoms with Crippen molar-refractivity contribution < 1.29 is 0 Å². The van der Waals surface area contributed by atoms with E-state index in [4.69, 9.17) is 15.7 Å². The summed E-state index contributed by atoms with van der Waals surface area (Å²) in [5, 5.41) is 0. The standard InChI is InChI=1S/C12H20B2/c13-11-5-1-3-9(7-11)10-4-2-6-12(14)8-10/h9-12H,1-8H2. The van der Waals surface area contributed by atoms with Gasteiger partial charge >= 0.3 is 0 Å². The maximum Gasteiger partial charge on any atom is 0.0699 e. The van der Waals surface area contributed by atoms with Crippen LogP contribution in [0.15, 0.2) is 0 Å². The largest absolute Gasteiger partial charge is 0.0771 e. The minimum absolute atomic E-state index is 0.479. The van der Waals surface area contributed by atoms with Gasteiger partial charge in [-0.1, -0.05) is 63.0 Å². The fraction of sp³-hybridized carbons (Fsp3) is 1.00. The van der Waals surface area contributed by atoms with Gasteiger partial charge in [-0.05, 0) is 11.8 Å². The van der Waals surface area contributed by atoms with Gasteiger partial charge in [-0.3, -0.25) is 0 Å². The van der Waals surface area contributed by atoms with E-state index in [1.165, 1.54) is 51.4 Å². The van der Waals surface area contributed by atoms with Crippen molar-refractivity contribution in [1.82, 2.24) is 0 Å². The van der Waals surface area contributed by atoms with Crippen molar-refractivity contribution in [2.24, 2.45) is 11.8 Å². The average molecular weight is 186 g/mol. The Hall–Kier alpha value is 0.130. The van der Waals surface area contributed by atoms with Gasteiger partial charge in [-0.15, -0.1) is 0 Å². The van der Waals surface area contributed by atoms with Crippen LogP contribution in [-0.2, 0) is 0 Å². The summed E-state index contributed by atoms with van der Waals surface area (Å²) in [4.78, 5) is 0. The van der Waals surface area contributed by atoms with Gasteiger partial charge in [0.05, 0.1) is 15.7 Å². The zero-order valence-corrected chi connectivity index (χ0v) is 9.12. The van der Waals surface area contributed by atoms with E-state index in [2.05, 4.69) is 0 Å². The lowest BCUT2D eigenvalue weighted by molar-refractivity contribution is 0.197. The third-order valence-corrected chi connectivity index (χ3v) is 4.18. The maximum absolute atomic E-state index is 6.04. The highest BCUT2D eigenvalue weighted by molar-refractivity contribution is 6.11. The molecule has 0 aliphatic heterocycles. The first-order chi connectivity index (χ1) is 6.75. The first-order valence-electron chi connectivity index (χ1n) is 6.27. The molecule has 0 aromatic carbocycles. The maximum atomic E-state index is 6.04. The highest BCUT2D eigenvalue weighted by atomic mass is 14.3. The van der Waals surface area contributed by atoms with Crippen LogP contribution >= 0.6 is 0 Å². The molecule has 0 spiro atoms. The molecule has 2 aliphatic rings. The molecule has 0 bridgehead atoms. The molecule has 0 heterocycles. The summed E-state index contributed by atoms with van der Waals surface area (Å²) < 4.78 is 0. The lowest BCUT2D eigenvalue weighted by Gasteiger charge is -2.37. The second kappa shape index (κ2) is 4.77. The molecule has 0 amide bonds. The Morgan fingerprint density at radius 2 is 1.07 bits per heavy atom.